The molecule has 0 aliphatic heterocycles. The molecule has 0 unspecified atom stereocenters. The molecule has 0 saturated heterocycles. The fourth-order valence-corrected chi connectivity index (χ4v) is 12.0. The van der Waals surface area contributed by atoms with Gasteiger partial charge in [0.2, 0.25) is 0 Å². The van der Waals surface area contributed by atoms with Gasteiger partial charge in [-0.2, -0.15) is 0 Å². The normalized spacial score (nSPS) is 46.1. The van der Waals surface area contributed by atoms with Gasteiger partial charge in [0.05, 0.1) is 5.41 Å². The molecule has 8 atom stereocenters. The van der Waals surface area contributed by atoms with Gasteiger partial charge in [-0.05, 0) is 127 Å². The van der Waals surface area contributed by atoms with Gasteiger partial charge in [-0.15, -0.1) is 0 Å². The third-order valence-corrected chi connectivity index (χ3v) is 14.6. The van der Waals surface area contributed by atoms with E-state index in [9.17, 15) is 9.90 Å². The number of fused-ring (bicyclic) bond motifs is 7. The van der Waals surface area contributed by atoms with E-state index >= 15 is 0 Å². The van der Waals surface area contributed by atoms with E-state index in [2.05, 4.69) is 84.9 Å². The van der Waals surface area contributed by atoms with Crippen LogP contribution < -0.4 is 0 Å². The van der Waals surface area contributed by atoms with Crippen molar-refractivity contribution in [2.45, 2.75) is 119 Å². The minimum atomic E-state index is -0.539. The summed E-state index contributed by atoms with van der Waals surface area (Å²) in [6.07, 6.45) is 15.1. The van der Waals surface area contributed by atoms with Gasteiger partial charge in [0.25, 0.3) is 0 Å². The summed E-state index contributed by atoms with van der Waals surface area (Å²) in [6, 6.07) is 11.2. The molecular formula is C37H54O2. The van der Waals surface area contributed by atoms with E-state index in [4.69, 9.17) is 0 Å². The molecule has 0 heterocycles. The summed E-state index contributed by atoms with van der Waals surface area (Å²) < 4.78 is 0. The molecule has 39 heavy (non-hydrogen) atoms. The maximum absolute atomic E-state index is 12.9. The van der Waals surface area contributed by atoms with E-state index < -0.39 is 11.4 Å². The van der Waals surface area contributed by atoms with E-state index in [-0.39, 0.29) is 22.2 Å². The lowest BCUT2D eigenvalue weighted by Crippen LogP contribution is -2.64. The van der Waals surface area contributed by atoms with Gasteiger partial charge in [0.15, 0.2) is 0 Å². The van der Waals surface area contributed by atoms with Crippen LogP contribution in [0.1, 0.15) is 118 Å². The number of hydrogen-bond acceptors (Lipinski definition) is 1. The van der Waals surface area contributed by atoms with E-state index in [0.29, 0.717) is 16.7 Å². The van der Waals surface area contributed by atoms with Crippen LogP contribution in [0, 0.1) is 56.2 Å². The zero-order chi connectivity index (χ0) is 28.1. The highest BCUT2D eigenvalue weighted by Crippen LogP contribution is 2.76. The van der Waals surface area contributed by atoms with Crippen LogP contribution in [0.25, 0.3) is 0 Å². The Labute approximate surface area is 238 Å². The summed E-state index contributed by atoms with van der Waals surface area (Å²) in [6.45, 7) is 17.9. The van der Waals surface area contributed by atoms with E-state index in [1.807, 2.05) is 0 Å². The first-order valence-electron chi connectivity index (χ1n) is 16.2. The Hall–Kier alpha value is -1.57. The molecule has 4 saturated carbocycles. The Kier molecular flexibility index (Phi) is 6.17. The second-order valence-electron chi connectivity index (χ2n) is 16.9. The van der Waals surface area contributed by atoms with Crippen molar-refractivity contribution in [1.82, 2.24) is 0 Å². The predicted octanol–water partition coefficient (Wildman–Crippen LogP) is 9.73. The van der Waals surface area contributed by atoms with E-state index in [0.717, 1.165) is 50.4 Å². The van der Waals surface area contributed by atoms with Crippen LogP contribution in [0.3, 0.4) is 0 Å². The molecule has 0 aromatic heterocycles. The monoisotopic (exact) mass is 530 g/mol. The average molecular weight is 531 g/mol. The third kappa shape index (κ3) is 3.74. The zero-order valence-electron chi connectivity index (χ0n) is 25.9. The molecule has 5 aliphatic carbocycles. The smallest absolute Gasteiger partial charge is 0.310 e. The van der Waals surface area contributed by atoms with Crippen LogP contribution in [0.4, 0.5) is 0 Å². The Bertz CT molecular complexity index is 1160. The third-order valence-electron chi connectivity index (χ3n) is 14.6. The molecule has 0 bridgehead atoms. The van der Waals surface area contributed by atoms with Crippen LogP contribution in [0.15, 0.2) is 42.0 Å². The van der Waals surface area contributed by atoms with Gasteiger partial charge in [0.1, 0.15) is 0 Å². The lowest BCUT2D eigenvalue weighted by Gasteiger charge is -2.71. The number of benzene rings is 1. The van der Waals surface area contributed by atoms with Crippen molar-refractivity contribution in [2.75, 3.05) is 0 Å². The topological polar surface area (TPSA) is 37.3 Å². The first kappa shape index (κ1) is 27.6. The molecule has 1 aromatic rings. The molecule has 214 valence electrons. The van der Waals surface area contributed by atoms with Crippen LogP contribution in [0.2, 0.25) is 0 Å². The highest BCUT2D eigenvalue weighted by atomic mass is 16.4. The Balaban J connectivity index is 1.35. The standard InChI is InChI=1S/C37H54O2/c1-32(2)19-21-37(31(38)39)22-20-35(6)27(28(37)24-32)13-14-30-34(5)17-15-26(23-25-11-9-8-10-12-25)33(3,4)29(34)16-18-36(30,35)7/h8-13,26,28-30H,14-24H2,1-7H3,(H,38,39)/t26-,28+,29+,30-,34+,35-,36-,37+/m1/s1. The van der Waals surface area contributed by atoms with Crippen molar-refractivity contribution >= 4 is 5.97 Å². The fraction of sp³-hybridized carbons (Fsp3) is 0.757. The molecule has 0 amide bonds. The van der Waals surface area contributed by atoms with Gasteiger partial charge in [-0.1, -0.05) is 90.4 Å². The molecule has 2 nitrogen and oxygen atoms in total. The second kappa shape index (κ2) is 8.72. The van der Waals surface area contributed by atoms with Gasteiger partial charge in [-0.25, -0.2) is 0 Å². The first-order chi connectivity index (χ1) is 18.2. The Morgan fingerprint density at radius 2 is 1.54 bits per heavy atom. The largest absolute Gasteiger partial charge is 0.481 e. The van der Waals surface area contributed by atoms with Crippen molar-refractivity contribution < 1.29 is 9.90 Å². The molecule has 1 aromatic carbocycles. The summed E-state index contributed by atoms with van der Waals surface area (Å²) >= 11 is 0. The molecule has 5 aliphatic rings. The lowest BCUT2D eigenvalue weighted by atomic mass is 9.33. The summed E-state index contributed by atoms with van der Waals surface area (Å²) in [7, 11) is 0. The maximum atomic E-state index is 12.9. The van der Waals surface area contributed by atoms with Crippen molar-refractivity contribution in [2.24, 2.45) is 56.2 Å². The summed E-state index contributed by atoms with van der Waals surface area (Å²) in [5, 5.41) is 10.6. The molecule has 4 fully saturated rings. The molecule has 0 spiro atoms. The predicted molar refractivity (Wildman–Crippen MR) is 160 cm³/mol. The molecule has 2 heteroatoms. The van der Waals surface area contributed by atoms with Gasteiger partial charge < -0.3 is 5.11 Å². The Morgan fingerprint density at radius 1 is 0.846 bits per heavy atom. The fourth-order valence-electron chi connectivity index (χ4n) is 12.0. The second-order valence-corrected chi connectivity index (χ2v) is 16.9. The molecule has 0 radical (unpaired) electrons. The minimum Gasteiger partial charge on any atom is -0.481 e. The number of carbonyl (C=O) groups is 1. The number of hydrogen-bond donors (Lipinski definition) is 1. The number of carboxylic acid groups (broad SMARTS) is 1. The van der Waals surface area contributed by atoms with Gasteiger partial charge in [0, 0.05) is 0 Å². The van der Waals surface area contributed by atoms with E-state index in [1.54, 1.807) is 5.57 Å². The Morgan fingerprint density at radius 3 is 2.23 bits per heavy atom. The SMILES string of the molecule is CC1(C)CC[C@]2(C(=O)O)CC[C@]3(C)C(=CC[C@@H]4[C@@]5(C)CC[C@H](Cc6ccccc6)C(C)(C)[C@@H]5CC[C@]43C)[C@@H]2C1. The van der Waals surface area contributed by atoms with Crippen molar-refractivity contribution in [1.29, 1.82) is 0 Å². The van der Waals surface area contributed by atoms with Crippen molar-refractivity contribution in [3.63, 3.8) is 0 Å². The average Bonchev–Trinajstić information content (AvgIpc) is 2.86. The summed E-state index contributed by atoms with van der Waals surface area (Å²) in [5.41, 5.74) is 3.78. The highest BCUT2D eigenvalue weighted by molar-refractivity contribution is 5.76. The molecular weight excluding hydrogens is 476 g/mol. The highest BCUT2D eigenvalue weighted by Gasteiger charge is 2.69. The lowest BCUT2D eigenvalue weighted by molar-refractivity contribution is -0.196. The quantitative estimate of drug-likeness (QED) is 0.395. The molecule has 6 rings (SSSR count). The number of rotatable bonds is 3. The van der Waals surface area contributed by atoms with E-state index in [1.165, 1.54) is 37.7 Å². The number of allylic oxidation sites excluding steroid dienone is 2. The summed E-state index contributed by atoms with van der Waals surface area (Å²) in [5.74, 6) is 1.86. The zero-order valence-corrected chi connectivity index (χ0v) is 25.9. The number of aliphatic carboxylic acids is 1. The maximum Gasteiger partial charge on any atom is 0.310 e. The number of carboxylic acids is 1. The first-order valence-corrected chi connectivity index (χ1v) is 16.2. The molecule has 1 N–H and O–H groups in total. The van der Waals surface area contributed by atoms with Crippen LogP contribution >= 0.6 is 0 Å². The van der Waals surface area contributed by atoms with Crippen LogP contribution in [-0.2, 0) is 11.2 Å². The van der Waals surface area contributed by atoms with Crippen molar-refractivity contribution in [3.05, 3.63) is 47.5 Å². The van der Waals surface area contributed by atoms with Gasteiger partial charge in [-0.3, -0.25) is 4.79 Å². The van der Waals surface area contributed by atoms with Gasteiger partial charge >= 0.3 is 5.97 Å². The van der Waals surface area contributed by atoms with Crippen molar-refractivity contribution in [3.8, 4) is 0 Å². The van der Waals surface area contributed by atoms with Crippen LogP contribution in [-0.4, -0.2) is 11.1 Å². The van der Waals surface area contributed by atoms with Crippen LogP contribution in [0.5, 0.6) is 0 Å². The minimum absolute atomic E-state index is 0.117. The summed E-state index contributed by atoms with van der Waals surface area (Å²) in [4.78, 5) is 12.9.